The Morgan fingerprint density at radius 2 is 2.00 bits per heavy atom. The summed E-state index contributed by atoms with van der Waals surface area (Å²) in [6.45, 7) is 2.09. The van der Waals surface area contributed by atoms with Gasteiger partial charge in [0.2, 0.25) is 5.78 Å². The summed E-state index contributed by atoms with van der Waals surface area (Å²) in [5.74, 6) is -1.24. The molecule has 0 spiro atoms. The van der Waals surface area contributed by atoms with E-state index < -0.39 is 23.3 Å². The number of hydrogen-bond donors (Lipinski definition) is 0. The molecular formula is C15H13Cl2N3O5. The van der Waals surface area contributed by atoms with E-state index in [4.69, 9.17) is 27.9 Å². The van der Waals surface area contributed by atoms with E-state index in [0.29, 0.717) is 5.02 Å². The zero-order valence-corrected chi connectivity index (χ0v) is 14.8. The van der Waals surface area contributed by atoms with Crippen molar-refractivity contribution in [2.75, 3.05) is 6.61 Å². The van der Waals surface area contributed by atoms with E-state index in [1.807, 2.05) is 0 Å². The van der Waals surface area contributed by atoms with Gasteiger partial charge in [0.25, 0.3) is 0 Å². The molecule has 0 aliphatic carbocycles. The number of nitrogens with zero attached hydrogens (tertiary/aromatic N) is 3. The molecule has 0 saturated carbocycles. The van der Waals surface area contributed by atoms with Crippen LogP contribution in [0.2, 0.25) is 10.0 Å². The van der Waals surface area contributed by atoms with Gasteiger partial charge < -0.3 is 4.74 Å². The Balaban J connectivity index is 2.00. The van der Waals surface area contributed by atoms with Gasteiger partial charge in [-0.15, -0.1) is 0 Å². The predicted molar refractivity (Wildman–Crippen MR) is 90.1 cm³/mol. The Hall–Kier alpha value is -2.45. The summed E-state index contributed by atoms with van der Waals surface area (Å²) in [7, 11) is 0. The Morgan fingerprint density at radius 3 is 2.56 bits per heavy atom. The minimum Gasteiger partial charge on any atom is -0.456 e. The molecule has 8 nitrogen and oxygen atoms in total. The molecule has 0 unspecified atom stereocenters. The molecule has 1 aromatic carbocycles. The van der Waals surface area contributed by atoms with Crippen LogP contribution < -0.4 is 0 Å². The number of aromatic nitrogens is 2. The zero-order valence-electron chi connectivity index (χ0n) is 13.3. The molecule has 0 radical (unpaired) electrons. The van der Waals surface area contributed by atoms with Gasteiger partial charge in [-0.05, 0) is 32.0 Å². The Morgan fingerprint density at radius 1 is 1.32 bits per heavy atom. The first-order valence-electron chi connectivity index (χ1n) is 7.03. The third-order valence-corrected chi connectivity index (χ3v) is 3.95. The number of aryl methyl sites for hydroxylation is 1. The number of nitro groups is 1. The highest BCUT2D eigenvalue weighted by Crippen LogP contribution is 2.22. The van der Waals surface area contributed by atoms with Gasteiger partial charge in [0.05, 0.1) is 9.95 Å². The van der Waals surface area contributed by atoms with Crippen molar-refractivity contribution in [3.8, 4) is 0 Å². The van der Waals surface area contributed by atoms with Crippen LogP contribution in [0.15, 0.2) is 18.2 Å². The van der Waals surface area contributed by atoms with Crippen molar-refractivity contribution in [1.29, 1.82) is 0 Å². The number of benzene rings is 1. The summed E-state index contributed by atoms with van der Waals surface area (Å²) in [6.07, 6.45) is 0. The summed E-state index contributed by atoms with van der Waals surface area (Å²) in [4.78, 5) is 34.3. The molecule has 0 bridgehead atoms. The fourth-order valence-electron chi connectivity index (χ4n) is 2.21. The van der Waals surface area contributed by atoms with Gasteiger partial charge in [-0.1, -0.05) is 23.2 Å². The monoisotopic (exact) mass is 385 g/mol. The molecule has 0 atom stereocenters. The van der Waals surface area contributed by atoms with Crippen LogP contribution in [0.5, 0.6) is 0 Å². The molecule has 1 heterocycles. The summed E-state index contributed by atoms with van der Waals surface area (Å²) >= 11 is 11.7. The molecule has 25 heavy (non-hydrogen) atoms. The minimum atomic E-state index is -0.751. The smallest absolute Gasteiger partial charge is 0.328 e. The van der Waals surface area contributed by atoms with E-state index in [9.17, 15) is 19.7 Å². The largest absolute Gasteiger partial charge is 0.456 e. The number of carbonyl (C=O) groups excluding carboxylic acids is 2. The van der Waals surface area contributed by atoms with Crippen LogP contribution in [0.4, 0.5) is 5.69 Å². The van der Waals surface area contributed by atoms with Crippen LogP contribution >= 0.6 is 23.2 Å². The van der Waals surface area contributed by atoms with E-state index in [0.717, 1.165) is 4.68 Å². The molecule has 0 amide bonds. The van der Waals surface area contributed by atoms with Crippen molar-refractivity contribution in [1.82, 2.24) is 9.78 Å². The van der Waals surface area contributed by atoms with Crippen molar-refractivity contribution in [2.24, 2.45) is 0 Å². The quantitative estimate of drug-likeness (QED) is 0.327. The van der Waals surface area contributed by atoms with Gasteiger partial charge in [0.1, 0.15) is 17.9 Å². The van der Waals surface area contributed by atoms with Crippen LogP contribution in [0.25, 0.3) is 0 Å². The Kier molecular flexibility index (Phi) is 5.76. The molecule has 2 aromatic rings. The van der Waals surface area contributed by atoms with Crippen LogP contribution in [0.1, 0.15) is 21.7 Å². The maximum absolute atomic E-state index is 12.0. The first kappa shape index (κ1) is 18.9. The number of Topliss-reactive ketones (excluding diaryl/α,β-unsaturated/α-hetero) is 1. The van der Waals surface area contributed by atoms with Crippen molar-refractivity contribution >= 4 is 40.6 Å². The molecule has 0 saturated heterocycles. The maximum atomic E-state index is 12.0. The molecule has 10 heteroatoms. The molecule has 0 N–H and O–H groups in total. The fourth-order valence-corrected chi connectivity index (χ4v) is 2.73. The topological polar surface area (TPSA) is 104 Å². The number of halogens is 2. The van der Waals surface area contributed by atoms with Gasteiger partial charge >= 0.3 is 11.7 Å². The number of ether oxygens (including phenoxy) is 1. The zero-order chi connectivity index (χ0) is 18.7. The van der Waals surface area contributed by atoms with Crippen molar-refractivity contribution in [2.45, 2.75) is 20.4 Å². The Bertz CT molecular complexity index is 863. The maximum Gasteiger partial charge on any atom is 0.328 e. The van der Waals surface area contributed by atoms with Crippen molar-refractivity contribution in [3.05, 3.63) is 55.3 Å². The third kappa shape index (κ3) is 4.34. The van der Waals surface area contributed by atoms with E-state index >= 15 is 0 Å². The molecule has 0 aliphatic heterocycles. The SMILES string of the molecule is Cc1nn(CC(=O)OCC(=O)c2ccc(Cl)cc2Cl)c(C)c1[N+](=O)[O-]. The van der Waals surface area contributed by atoms with Crippen LogP contribution in [-0.4, -0.2) is 33.1 Å². The molecule has 1 aromatic heterocycles. The lowest BCUT2D eigenvalue weighted by Gasteiger charge is -2.07. The molecule has 0 fully saturated rings. The Labute approximate surface area is 152 Å². The highest BCUT2D eigenvalue weighted by atomic mass is 35.5. The van der Waals surface area contributed by atoms with Crippen molar-refractivity contribution in [3.63, 3.8) is 0 Å². The molecule has 132 valence electrons. The normalized spacial score (nSPS) is 10.6. The average Bonchev–Trinajstić information content (AvgIpc) is 2.79. The predicted octanol–water partition coefficient (Wildman–Crippen LogP) is 3.14. The van der Waals surface area contributed by atoms with Crippen LogP contribution in [-0.2, 0) is 16.1 Å². The minimum absolute atomic E-state index is 0.155. The summed E-state index contributed by atoms with van der Waals surface area (Å²) in [6, 6.07) is 4.34. The van der Waals surface area contributed by atoms with E-state index in [1.165, 1.54) is 32.0 Å². The number of esters is 1. The second kappa shape index (κ2) is 7.62. The number of rotatable bonds is 6. The number of hydrogen-bond acceptors (Lipinski definition) is 6. The van der Waals surface area contributed by atoms with Gasteiger partial charge in [0.15, 0.2) is 6.61 Å². The van der Waals surface area contributed by atoms with Gasteiger partial charge in [0, 0.05) is 10.6 Å². The van der Waals surface area contributed by atoms with Gasteiger partial charge in [-0.3, -0.25) is 24.4 Å². The standard InChI is InChI=1S/C15H13Cl2N3O5/c1-8-15(20(23)24)9(2)19(18-8)6-14(22)25-7-13(21)11-4-3-10(16)5-12(11)17/h3-5H,6-7H2,1-2H3. The lowest BCUT2D eigenvalue weighted by Crippen LogP contribution is -2.20. The lowest BCUT2D eigenvalue weighted by atomic mass is 10.1. The fraction of sp³-hybridized carbons (Fsp3) is 0.267. The number of carbonyl (C=O) groups is 2. The first-order valence-corrected chi connectivity index (χ1v) is 7.78. The highest BCUT2D eigenvalue weighted by Gasteiger charge is 2.23. The van der Waals surface area contributed by atoms with Crippen LogP contribution in [0, 0.1) is 24.0 Å². The molecular weight excluding hydrogens is 373 g/mol. The first-order chi connectivity index (χ1) is 11.7. The van der Waals surface area contributed by atoms with Crippen molar-refractivity contribution < 1.29 is 19.2 Å². The molecule has 2 rings (SSSR count). The van der Waals surface area contributed by atoms with E-state index in [1.54, 1.807) is 0 Å². The summed E-state index contributed by atoms with van der Waals surface area (Å²) < 4.78 is 6.06. The molecule has 0 aliphatic rings. The summed E-state index contributed by atoms with van der Waals surface area (Å²) in [5.41, 5.74) is 0.447. The van der Waals surface area contributed by atoms with Gasteiger partial charge in [-0.2, -0.15) is 5.10 Å². The van der Waals surface area contributed by atoms with Gasteiger partial charge in [-0.25, -0.2) is 0 Å². The average molecular weight is 386 g/mol. The third-order valence-electron chi connectivity index (χ3n) is 3.40. The van der Waals surface area contributed by atoms with Crippen LogP contribution in [0.3, 0.4) is 0 Å². The second-order valence-corrected chi connectivity index (χ2v) is 5.99. The number of ketones is 1. The van der Waals surface area contributed by atoms with E-state index in [-0.39, 0.29) is 34.2 Å². The lowest BCUT2D eigenvalue weighted by molar-refractivity contribution is -0.386. The van der Waals surface area contributed by atoms with E-state index in [2.05, 4.69) is 5.10 Å². The second-order valence-electron chi connectivity index (χ2n) is 5.14. The highest BCUT2D eigenvalue weighted by molar-refractivity contribution is 6.36. The summed E-state index contributed by atoms with van der Waals surface area (Å²) in [5, 5.41) is 15.4.